The van der Waals surface area contributed by atoms with Gasteiger partial charge >= 0.3 is 12.1 Å². The molecule has 1 saturated heterocycles. The van der Waals surface area contributed by atoms with Gasteiger partial charge in [-0.3, -0.25) is 19.4 Å². The van der Waals surface area contributed by atoms with Crippen LogP contribution >= 0.6 is 0 Å². The number of carboxylic acid groups (broad SMARTS) is 1. The lowest BCUT2D eigenvalue weighted by molar-refractivity contribution is -0.192. The fraction of sp³-hybridized carbons (Fsp3) is 0.375. The molecule has 3 amide bonds. The summed E-state index contributed by atoms with van der Waals surface area (Å²) in [4.78, 5) is 52.2. The number of amides is 3. The second-order valence-corrected chi connectivity index (χ2v) is 8.55. The van der Waals surface area contributed by atoms with Crippen molar-refractivity contribution < 1.29 is 42.6 Å². The number of primary amides is 1. The number of carbonyl (C=O) groups is 4. The lowest BCUT2D eigenvalue weighted by atomic mass is 10.0. The van der Waals surface area contributed by atoms with E-state index < -0.39 is 42.0 Å². The van der Waals surface area contributed by atoms with Crippen molar-refractivity contribution in [1.29, 1.82) is 0 Å². The molecule has 0 saturated carbocycles. The van der Waals surface area contributed by atoms with Crippen LogP contribution in [0.5, 0.6) is 5.75 Å². The number of nitrogens with one attached hydrogen (secondary N) is 1. The minimum Gasteiger partial charge on any atom is -0.506 e. The summed E-state index contributed by atoms with van der Waals surface area (Å²) in [5.74, 6) is -4.55. The number of guanidine groups is 1. The van der Waals surface area contributed by atoms with Crippen LogP contribution in [-0.2, 0) is 14.4 Å². The number of fused-ring (bicyclic) bond motifs is 1. The number of carbonyl (C=O) groups excluding carboxylic acids is 3. The summed E-state index contributed by atoms with van der Waals surface area (Å²) in [7, 11) is 0. The lowest BCUT2D eigenvalue weighted by Crippen LogP contribution is -2.52. The average Bonchev–Trinajstić information content (AvgIpc) is 3.36. The van der Waals surface area contributed by atoms with E-state index in [0.717, 1.165) is 5.39 Å². The highest BCUT2D eigenvalue weighted by molar-refractivity contribution is 6.05. The molecule has 0 bridgehead atoms. The van der Waals surface area contributed by atoms with Gasteiger partial charge in [0.15, 0.2) is 5.96 Å². The Morgan fingerprint density at radius 1 is 1.10 bits per heavy atom. The van der Waals surface area contributed by atoms with Crippen molar-refractivity contribution >= 4 is 40.4 Å². The van der Waals surface area contributed by atoms with Crippen LogP contribution in [0.2, 0.25) is 0 Å². The summed E-state index contributed by atoms with van der Waals surface area (Å²) >= 11 is 0. The van der Waals surface area contributed by atoms with E-state index in [1.165, 1.54) is 11.0 Å². The molecule has 12 nitrogen and oxygen atoms in total. The Morgan fingerprint density at radius 3 is 2.33 bits per heavy atom. The van der Waals surface area contributed by atoms with Crippen molar-refractivity contribution in [2.24, 2.45) is 22.2 Å². The number of aliphatic imine (C=N–C) groups is 1. The Morgan fingerprint density at radius 2 is 1.74 bits per heavy atom. The van der Waals surface area contributed by atoms with Crippen LogP contribution in [0.25, 0.3) is 10.8 Å². The van der Waals surface area contributed by atoms with Crippen molar-refractivity contribution in [3.05, 3.63) is 42.0 Å². The maximum Gasteiger partial charge on any atom is 0.490 e. The van der Waals surface area contributed by atoms with Gasteiger partial charge in [0, 0.05) is 18.5 Å². The Hall–Kier alpha value is -4.56. The number of halogens is 3. The van der Waals surface area contributed by atoms with E-state index in [1.54, 1.807) is 18.2 Å². The molecule has 0 aromatic heterocycles. The Bertz CT molecular complexity index is 1250. The van der Waals surface area contributed by atoms with Gasteiger partial charge in [-0.15, -0.1) is 0 Å². The molecule has 2 aromatic carbocycles. The molecule has 0 aliphatic carbocycles. The van der Waals surface area contributed by atoms with E-state index in [4.69, 9.17) is 27.1 Å². The summed E-state index contributed by atoms with van der Waals surface area (Å²) in [5, 5.41) is 21.8. The van der Waals surface area contributed by atoms with E-state index in [1.807, 2.05) is 12.1 Å². The zero-order valence-corrected chi connectivity index (χ0v) is 20.6. The number of aromatic hydroxyl groups is 1. The van der Waals surface area contributed by atoms with E-state index in [-0.39, 0.29) is 30.2 Å². The predicted molar refractivity (Wildman–Crippen MR) is 134 cm³/mol. The number of phenols is 1. The minimum atomic E-state index is -5.08. The molecule has 0 spiro atoms. The summed E-state index contributed by atoms with van der Waals surface area (Å²) in [6.07, 6.45) is -3.27. The van der Waals surface area contributed by atoms with Crippen LogP contribution < -0.4 is 22.5 Å². The van der Waals surface area contributed by atoms with Gasteiger partial charge in [0.1, 0.15) is 17.8 Å². The molecule has 3 rings (SSSR count). The predicted octanol–water partition coefficient (Wildman–Crippen LogP) is 0.807. The van der Waals surface area contributed by atoms with Crippen molar-refractivity contribution in [1.82, 2.24) is 10.2 Å². The number of nitrogens with zero attached hydrogens (tertiary/aromatic N) is 2. The first-order valence-electron chi connectivity index (χ1n) is 11.7. The minimum absolute atomic E-state index is 0.0543. The van der Waals surface area contributed by atoms with Crippen LogP contribution in [0.4, 0.5) is 13.2 Å². The molecule has 39 heavy (non-hydrogen) atoms. The largest absolute Gasteiger partial charge is 0.506 e. The third kappa shape index (κ3) is 8.48. The number of benzene rings is 2. The molecule has 0 unspecified atom stereocenters. The molecule has 2 atom stereocenters. The smallest absolute Gasteiger partial charge is 0.490 e. The number of hydrogen-bond donors (Lipinski definition) is 6. The molecule has 15 heteroatoms. The van der Waals surface area contributed by atoms with Crippen LogP contribution in [0.1, 0.15) is 36.0 Å². The molecule has 1 aliphatic rings. The molecule has 212 valence electrons. The van der Waals surface area contributed by atoms with E-state index in [0.29, 0.717) is 31.2 Å². The quantitative estimate of drug-likeness (QED) is 0.156. The van der Waals surface area contributed by atoms with E-state index in [2.05, 4.69) is 10.3 Å². The average molecular weight is 555 g/mol. The Balaban J connectivity index is 0.000000673. The molecule has 9 N–H and O–H groups in total. The first kappa shape index (κ1) is 30.7. The summed E-state index contributed by atoms with van der Waals surface area (Å²) < 4.78 is 31.7. The number of aliphatic carboxylic acids is 1. The third-order valence-electron chi connectivity index (χ3n) is 5.80. The summed E-state index contributed by atoms with van der Waals surface area (Å²) in [6.45, 7) is 0.663. The Kier molecular flexibility index (Phi) is 10.5. The molecule has 0 radical (unpaired) electrons. The lowest BCUT2D eigenvalue weighted by Gasteiger charge is -2.28. The van der Waals surface area contributed by atoms with E-state index in [9.17, 15) is 32.7 Å². The van der Waals surface area contributed by atoms with Gasteiger partial charge in [-0.2, -0.15) is 13.2 Å². The van der Waals surface area contributed by atoms with Crippen molar-refractivity contribution in [2.45, 2.75) is 43.9 Å². The number of alkyl halides is 3. The highest BCUT2D eigenvalue weighted by atomic mass is 19.4. The standard InChI is InChI=1S/C22H28N6O4.C2HF3O2/c23-19(30)17-8-4-12-28(17)21(32)16(7-3-11-26-22(24)25)27-20(31)15-10-9-13-5-1-2-6-14(13)18(15)29;3-2(4,5)1(6)7/h1-2,5-6,9-10,16-17,29H,3-4,7-8,11-12H2,(H2,23,30)(H,27,31)(H4,24,25,26);(H,6,7)/t16-,17-;/m0./s1. The zero-order chi connectivity index (χ0) is 29.3. The van der Waals surface area contributed by atoms with Gasteiger partial charge in [-0.1, -0.05) is 30.3 Å². The maximum absolute atomic E-state index is 13.2. The van der Waals surface area contributed by atoms with Gasteiger partial charge in [0.05, 0.1) is 5.56 Å². The molecular formula is C24H29F3N6O6. The SMILES string of the molecule is NC(=O)[C@@H]1CCCN1C(=O)[C@H](CCCN=C(N)N)NC(=O)c1ccc2ccccc2c1O.O=C(O)C(F)(F)F. The topological polar surface area (TPSA) is 214 Å². The monoisotopic (exact) mass is 554 g/mol. The van der Waals surface area contributed by atoms with Crippen LogP contribution in [0, 0.1) is 0 Å². The molecular weight excluding hydrogens is 525 g/mol. The van der Waals surface area contributed by atoms with E-state index >= 15 is 0 Å². The number of phenolic OH excluding ortho intramolecular Hbond substituents is 1. The summed E-state index contributed by atoms with van der Waals surface area (Å²) in [6, 6.07) is 8.73. The van der Waals surface area contributed by atoms with Gasteiger partial charge < -0.3 is 37.6 Å². The number of hydrogen-bond acceptors (Lipinski definition) is 6. The second-order valence-electron chi connectivity index (χ2n) is 8.55. The van der Waals surface area contributed by atoms with Gasteiger partial charge in [-0.25, -0.2) is 4.79 Å². The number of rotatable bonds is 8. The van der Waals surface area contributed by atoms with Crippen molar-refractivity contribution in [3.8, 4) is 5.75 Å². The zero-order valence-electron chi connectivity index (χ0n) is 20.6. The van der Waals surface area contributed by atoms with Crippen LogP contribution in [-0.4, -0.2) is 76.1 Å². The second kappa shape index (κ2) is 13.3. The third-order valence-corrected chi connectivity index (χ3v) is 5.80. The van der Waals surface area contributed by atoms with Gasteiger partial charge in [0.2, 0.25) is 11.8 Å². The van der Waals surface area contributed by atoms with Crippen LogP contribution in [0.3, 0.4) is 0 Å². The molecule has 1 heterocycles. The van der Waals surface area contributed by atoms with Crippen molar-refractivity contribution in [3.63, 3.8) is 0 Å². The first-order chi connectivity index (χ1) is 18.2. The Labute approximate surface area is 220 Å². The van der Waals surface area contributed by atoms with Gasteiger partial charge in [0.25, 0.3) is 5.91 Å². The van der Waals surface area contributed by atoms with Crippen LogP contribution in [0.15, 0.2) is 41.4 Å². The molecule has 2 aromatic rings. The number of nitrogens with two attached hydrogens (primary N) is 3. The highest BCUT2D eigenvalue weighted by Gasteiger charge is 2.38. The normalized spacial score (nSPS) is 15.6. The number of likely N-dealkylation sites (tertiary alicyclic amines) is 1. The fourth-order valence-electron chi connectivity index (χ4n) is 3.96. The first-order valence-corrected chi connectivity index (χ1v) is 11.7. The van der Waals surface area contributed by atoms with Crippen molar-refractivity contribution in [2.75, 3.05) is 13.1 Å². The summed E-state index contributed by atoms with van der Waals surface area (Å²) in [5.41, 5.74) is 16.2. The van der Waals surface area contributed by atoms with Gasteiger partial charge in [-0.05, 0) is 37.1 Å². The molecule has 1 aliphatic heterocycles. The maximum atomic E-state index is 13.2. The highest BCUT2D eigenvalue weighted by Crippen LogP contribution is 2.29. The number of carboxylic acids is 1. The fourth-order valence-corrected chi connectivity index (χ4v) is 3.96. The molecule has 1 fully saturated rings.